The number of carbonyl (C=O) groups excluding carboxylic acids is 2. The lowest BCUT2D eigenvalue weighted by Crippen LogP contribution is -2.53. The Balaban J connectivity index is 1.04. The van der Waals surface area contributed by atoms with Crippen LogP contribution in [0, 0.1) is 0 Å². The Hall–Kier alpha value is -3.44. The number of morpholine rings is 1. The van der Waals surface area contributed by atoms with Crippen LogP contribution in [0.4, 0.5) is 11.5 Å². The number of aromatic nitrogens is 2. The lowest BCUT2D eigenvalue weighted by Gasteiger charge is -2.36. The monoisotopic (exact) mass is 538 g/mol. The molecule has 0 atom stereocenters. The van der Waals surface area contributed by atoms with Crippen LogP contribution in [0.15, 0.2) is 33.9 Å². The molecule has 11 heteroatoms. The van der Waals surface area contributed by atoms with E-state index in [1.807, 2.05) is 11.0 Å². The van der Waals surface area contributed by atoms with E-state index < -0.39 is 5.69 Å². The van der Waals surface area contributed by atoms with Gasteiger partial charge in [-0.1, -0.05) is 6.07 Å². The molecule has 1 aromatic carbocycles. The van der Waals surface area contributed by atoms with Crippen molar-refractivity contribution in [3.05, 3.63) is 56.2 Å². The number of nitrogens with one attached hydrogen (secondary N) is 2. The van der Waals surface area contributed by atoms with Crippen LogP contribution in [0.1, 0.15) is 36.8 Å². The number of ether oxygens (including phenoxy) is 1. The van der Waals surface area contributed by atoms with Gasteiger partial charge >= 0.3 is 5.69 Å². The number of aryl methyl sites for hydroxylation is 2. The molecule has 1 aromatic heterocycles. The molecule has 1 aliphatic carbocycles. The van der Waals surface area contributed by atoms with Crippen molar-refractivity contribution >= 4 is 23.3 Å². The molecule has 11 nitrogen and oxygen atoms in total. The number of aromatic amines is 1. The minimum Gasteiger partial charge on any atom is -0.379 e. The summed E-state index contributed by atoms with van der Waals surface area (Å²) < 4.78 is 6.51. The lowest BCUT2D eigenvalue weighted by molar-refractivity contribution is -0.140. The molecule has 39 heavy (non-hydrogen) atoms. The molecule has 3 aliphatic rings. The third kappa shape index (κ3) is 6.96. The van der Waals surface area contributed by atoms with Crippen molar-refractivity contribution in [3.8, 4) is 0 Å². The smallest absolute Gasteiger partial charge is 0.329 e. The first-order chi connectivity index (χ1) is 19.0. The van der Waals surface area contributed by atoms with E-state index in [1.165, 1.54) is 21.8 Å². The van der Waals surface area contributed by atoms with Crippen LogP contribution in [0.3, 0.4) is 0 Å². The molecule has 0 saturated carbocycles. The highest BCUT2D eigenvalue weighted by atomic mass is 16.5. The Kier molecular flexibility index (Phi) is 8.77. The molecular formula is C28H38N6O5. The number of carbonyl (C=O) groups is 2. The largest absolute Gasteiger partial charge is 0.379 e. The number of anilines is 2. The fraction of sp³-hybridized carbons (Fsp3) is 0.571. The van der Waals surface area contributed by atoms with Crippen LogP contribution >= 0.6 is 0 Å². The van der Waals surface area contributed by atoms with E-state index in [9.17, 15) is 19.2 Å². The van der Waals surface area contributed by atoms with E-state index in [4.69, 9.17) is 4.74 Å². The minimum atomic E-state index is -0.463. The second-order valence-electron chi connectivity index (χ2n) is 10.5. The van der Waals surface area contributed by atoms with Gasteiger partial charge in [0.2, 0.25) is 11.8 Å². The Labute approximate surface area is 227 Å². The fourth-order valence-electron chi connectivity index (χ4n) is 5.56. The molecular weight excluding hydrogens is 500 g/mol. The predicted octanol–water partition coefficient (Wildman–Crippen LogP) is 0.942. The molecule has 2 N–H and O–H groups in total. The molecule has 0 bridgehead atoms. The van der Waals surface area contributed by atoms with Crippen molar-refractivity contribution in [2.45, 2.75) is 45.1 Å². The topological polar surface area (TPSA) is 120 Å². The van der Waals surface area contributed by atoms with Crippen molar-refractivity contribution < 1.29 is 14.3 Å². The number of fused-ring (bicyclic) bond motifs is 1. The first kappa shape index (κ1) is 27.1. The zero-order valence-electron chi connectivity index (χ0n) is 22.5. The van der Waals surface area contributed by atoms with Gasteiger partial charge in [0.05, 0.1) is 19.8 Å². The average molecular weight is 539 g/mol. The van der Waals surface area contributed by atoms with Gasteiger partial charge in [0, 0.05) is 64.0 Å². The number of unbranched alkanes of at least 4 members (excludes halogenated alkanes) is 1. The van der Waals surface area contributed by atoms with Crippen LogP contribution in [0.25, 0.3) is 0 Å². The number of piperazine rings is 1. The van der Waals surface area contributed by atoms with Gasteiger partial charge in [0.15, 0.2) is 0 Å². The zero-order valence-corrected chi connectivity index (χ0v) is 22.5. The van der Waals surface area contributed by atoms with E-state index in [-0.39, 0.29) is 23.9 Å². The minimum absolute atomic E-state index is 0.0467. The summed E-state index contributed by atoms with van der Waals surface area (Å²) in [6.45, 7) is 5.70. The van der Waals surface area contributed by atoms with Crippen molar-refractivity contribution in [1.29, 1.82) is 0 Å². The predicted molar refractivity (Wildman–Crippen MR) is 147 cm³/mol. The standard InChI is InChI=1S/C28H38N6O5/c35-25(32-10-12-33(13-11-32)27(37)20-31-14-16-39-17-15-31)6-1-2-9-34-26(36)19-24(30-28(34)38)29-23-8-7-21-4-3-5-22(21)18-23/h7-8,18-19,29H,1-6,9-17,20H2,(H,30,38). The third-order valence-electron chi connectivity index (χ3n) is 7.87. The van der Waals surface area contributed by atoms with Crippen molar-refractivity contribution in [2.24, 2.45) is 0 Å². The van der Waals surface area contributed by atoms with Gasteiger partial charge in [-0.25, -0.2) is 4.79 Å². The number of hydrogen-bond donors (Lipinski definition) is 2. The lowest BCUT2D eigenvalue weighted by atomic mass is 10.1. The summed E-state index contributed by atoms with van der Waals surface area (Å²) in [5.74, 6) is 0.524. The van der Waals surface area contributed by atoms with Gasteiger partial charge in [-0.15, -0.1) is 0 Å². The molecule has 0 unspecified atom stereocenters. The maximum absolute atomic E-state index is 12.7. The van der Waals surface area contributed by atoms with E-state index in [2.05, 4.69) is 27.3 Å². The maximum Gasteiger partial charge on any atom is 0.329 e. The normalized spacial score (nSPS) is 17.7. The Morgan fingerprint density at radius 2 is 1.59 bits per heavy atom. The second kappa shape index (κ2) is 12.6. The van der Waals surface area contributed by atoms with Gasteiger partial charge in [0.1, 0.15) is 5.82 Å². The Bertz CT molecular complexity index is 1260. The molecule has 5 rings (SSSR count). The molecule has 2 aromatic rings. The van der Waals surface area contributed by atoms with Gasteiger partial charge < -0.3 is 19.9 Å². The summed E-state index contributed by atoms with van der Waals surface area (Å²) >= 11 is 0. The van der Waals surface area contributed by atoms with Crippen LogP contribution in [0.2, 0.25) is 0 Å². The summed E-state index contributed by atoms with van der Waals surface area (Å²) in [6, 6.07) is 7.54. The number of amides is 2. The van der Waals surface area contributed by atoms with E-state index in [0.717, 1.165) is 38.0 Å². The Morgan fingerprint density at radius 3 is 2.33 bits per heavy atom. The molecule has 3 heterocycles. The number of rotatable bonds is 9. The molecule has 0 spiro atoms. The van der Waals surface area contributed by atoms with Crippen LogP contribution < -0.4 is 16.6 Å². The van der Waals surface area contributed by atoms with Gasteiger partial charge in [-0.3, -0.25) is 28.8 Å². The molecule has 210 valence electrons. The number of H-pyrrole nitrogens is 1. The molecule has 0 radical (unpaired) electrons. The second-order valence-corrected chi connectivity index (χ2v) is 10.5. The first-order valence-electron chi connectivity index (χ1n) is 14.0. The van der Waals surface area contributed by atoms with E-state index >= 15 is 0 Å². The molecule has 2 fully saturated rings. The summed E-state index contributed by atoms with van der Waals surface area (Å²) in [5, 5.41) is 3.14. The highest BCUT2D eigenvalue weighted by Crippen LogP contribution is 2.25. The summed E-state index contributed by atoms with van der Waals surface area (Å²) in [5.41, 5.74) is 2.69. The van der Waals surface area contributed by atoms with Gasteiger partial charge in [-0.05, 0) is 55.4 Å². The van der Waals surface area contributed by atoms with E-state index in [0.29, 0.717) is 71.0 Å². The summed E-state index contributed by atoms with van der Waals surface area (Å²) in [4.78, 5) is 58.9. The SMILES string of the molecule is O=C(CCCCn1c(=O)cc(Nc2ccc3c(c2)CCC3)[nH]c1=O)N1CCN(C(=O)CN2CCOCC2)CC1. The molecule has 2 aliphatic heterocycles. The van der Waals surface area contributed by atoms with Crippen molar-refractivity contribution in [1.82, 2.24) is 24.3 Å². The van der Waals surface area contributed by atoms with Crippen LogP contribution in [-0.2, 0) is 33.7 Å². The average Bonchev–Trinajstić information content (AvgIpc) is 3.41. The van der Waals surface area contributed by atoms with E-state index in [1.54, 1.807) is 4.90 Å². The van der Waals surface area contributed by atoms with Crippen molar-refractivity contribution in [2.75, 3.05) is 64.3 Å². The van der Waals surface area contributed by atoms with Gasteiger partial charge in [-0.2, -0.15) is 0 Å². The van der Waals surface area contributed by atoms with Crippen LogP contribution in [0.5, 0.6) is 0 Å². The highest BCUT2D eigenvalue weighted by molar-refractivity contribution is 5.79. The zero-order chi connectivity index (χ0) is 27.2. The number of nitrogens with zero attached hydrogens (tertiary/aromatic N) is 4. The Morgan fingerprint density at radius 1 is 0.872 bits per heavy atom. The molecule has 2 saturated heterocycles. The third-order valence-corrected chi connectivity index (χ3v) is 7.87. The van der Waals surface area contributed by atoms with Gasteiger partial charge in [0.25, 0.3) is 5.56 Å². The highest BCUT2D eigenvalue weighted by Gasteiger charge is 2.25. The molecule has 2 amide bonds. The first-order valence-corrected chi connectivity index (χ1v) is 14.0. The number of hydrogen-bond acceptors (Lipinski definition) is 7. The summed E-state index contributed by atoms with van der Waals surface area (Å²) in [7, 11) is 0. The van der Waals surface area contributed by atoms with Crippen molar-refractivity contribution in [3.63, 3.8) is 0 Å². The number of benzene rings is 1. The summed E-state index contributed by atoms with van der Waals surface area (Å²) in [6.07, 6.45) is 4.79. The maximum atomic E-state index is 12.7. The fourth-order valence-corrected chi connectivity index (χ4v) is 5.56. The quantitative estimate of drug-likeness (QED) is 0.456. The van der Waals surface area contributed by atoms with Crippen LogP contribution in [-0.4, -0.2) is 95.1 Å².